The molecule has 0 aliphatic heterocycles. The van der Waals surface area contributed by atoms with Crippen molar-refractivity contribution in [3.8, 4) is 0 Å². The highest BCUT2D eigenvalue weighted by atomic mass is 32.2. The van der Waals surface area contributed by atoms with Gasteiger partial charge in [0.2, 0.25) is 10.0 Å². The SMILES string of the molecule is Cn1ncc2ncnc(NCc3ccc(S(N)(=O)=O)cc3)c21. The molecule has 3 aromatic rings. The Morgan fingerprint density at radius 2 is 1.95 bits per heavy atom. The Kier molecular flexibility index (Phi) is 3.51. The number of fused-ring (bicyclic) bond motifs is 1. The fourth-order valence-electron chi connectivity index (χ4n) is 2.12. The van der Waals surface area contributed by atoms with Gasteiger partial charge < -0.3 is 5.32 Å². The summed E-state index contributed by atoms with van der Waals surface area (Å²) in [5.41, 5.74) is 2.47. The van der Waals surface area contributed by atoms with Crippen molar-refractivity contribution < 1.29 is 8.42 Å². The van der Waals surface area contributed by atoms with Crippen molar-refractivity contribution in [2.24, 2.45) is 12.2 Å². The third-order valence-electron chi connectivity index (χ3n) is 3.24. The highest BCUT2D eigenvalue weighted by Gasteiger charge is 2.09. The maximum absolute atomic E-state index is 11.2. The van der Waals surface area contributed by atoms with Crippen molar-refractivity contribution in [1.82, 2.24) is 19.7 Å². The topological polar surface area (TPSA) is 116 Å². The van der Waals surface area contributed by atoms with Crippen molar-refractivity contribution in [3.63, 3.8) is 0 Å². The summed E-state index contributed by atoms with van der Waals surface area (Å²) in [6.07, 6.45) is 3.14. The largest absolute Gasteiger partial charge is 0.364 e. The van der Waals surface area contributed by atoms with Crippen LogP contribution in [0.2, 0.25) is 0 Å². The Morgan fingerprint density at radius 1 is 1.23 bits per heavy atom. The Bertz CT molecular complexity index is 917. The fraction of sp³-hybridized carbons (Fsp3) is 0.154. The molecule has 1 aromatic carbocycles. The molecule has 0 saturated heterocycles. The van der Waals surface area contributed by atoms with Gasteiger partial charge in [-0.25, -0.2) is 23.5 Å². The first-order valence-corrected chi connectivity index (χ1v) is 7.98. The number of primary sulfonamides is 1. The van der Waals surface area contributed by atoms with Crippen molar-refractivity contribution in [2.45, 2.75) is 11.4 Å². The molecule has 2 heterocycles. The summed E-state index contributed by atoms with van der Waals surface area (Å²) in [5.74, 6) is 0.667. The van der Waals surface area contributed by atoms with Crippen LogP contribution in [0.25, 0.3) is 11.0 Å². The minimum Gasteiger partial charge on any atom is -0.364 e. The summed E-state index contributed by atoms with van der Waals surface area (Å²) in [4.78, 5) is 8.44. The molecule has 9 heteroatoms. The van der Waals surface area contributed by atoms with Crippen molar-refractivity contribution in [2.75, 3.05) is 5.32 Å². The second kappa shape index (κ2) is 5.35. The van der Waals surface area contributed by atoms with Gasteiger partial charge in [-0.3, -0.25) is 4.68 Å². The first-order valence-electron chi connectivity index (χ1n) is 6.43. The van der Waals surface area contributed by atoms with E-state index in [4.69, 9.17) is 5.14 Å². The zero-order chi connectivity index (χ0) is 15.7. The Morgan fingerprint density at radius 3 is 2.64 bits per heavy atom. The third kappa shape index (κ3) is 2.76. The molecule has 114 valence electrons. The summed E-state index contributed by atoms with van der Waals surface area (Å²) in [6, 6.07) is 6.36. The lowest BCUT2D eigenvalue weighted by molar-refractivity contribution is 0.598. The van der Waals surface area contributed by atoms with E-state index < -0.39 is 10.0 Å². The van der Waals surface area contributed by atoms with Crippen LogP contribution in [-0.2, 0) is 23.6 Å². The van der Waals surface area contributed by atoms with Gasteiger partial charge in [-0.05, 0) is 17.7 Å². The number of rotatable bonds is 4. The van der Waals surface area contributed by atoms with Gasteiger partial charge in [0.15, 0.2) is 5.82 Å². The maximum atomic E-state index is 11.2. The van der Waals surface area contributed by atoms with E-state index in [9.17, 15) is 8.42 Å². The lowest BCUT2D eigenvalue weighted by Crippen LogP contribution is -2.12. The van der Waals surface area contributed by atoms with Gasteiger partial charge in [-0.1, -0.05) is 12.1 Å². The van der Waals surface area contributed by atoms with E-state index >= 15 is 0 Å². The molecule has 0 atom stereocenters. The maximum Gasteiger partial charge on any atom is 0.238 e. The van der Waals surface area contributed by atoms with E-state index in [0.29, 0.717) is 12.4 Å². The Balaban J connectivity index is 1.81. The molecule has 3 rings (SSSR count). The summed E-state index contributed by atoms with van der Waals surface area (Å²) in [6.45, 7) is 0.488. The molecule has 0 aliphatic carbocycles. The molecule has 22 heavy (non-hydrogen) atoms. The second-order valence-corrected chi connectivity index (χ2v) is 6.33. The van der Waals surface area contributed by atoms with Gasteiger partial charge in [-0.15, -0.1) is 0 Å². The Labute approximate surface area is 127 Å². The van der Waals surface area contributed by atoms with E-state index in [-0.39, 0.29) is 4.90 Å². The predicted octanol–water partition coefficient (Wildman–Crippen LogP) is 0.623. The number of sulfonamides is 1. The van der Waals surface area contributed by atoms with Gasteiger partial charge in [0, 0.05) is 13.6 Å². The van der Waals surface area contributed by atoms with E-state index in [1.807, 2.05) is 7.05 Å². The zero-order valence-corrected chi connectivity index (χ0v) is 12.6. The average Bonchev–Trinajstić information content (AvgIpc) is 2.87. The van der Waals surface area contributed by atoms with Crippen LogP contribution in [0, 0.1) is 0 Å². The van der Waals surface area contributed by atoms with Gasteiger partial charge in [0.1, 0.15) is 17.4 Å². The molecule has 8 nitrogen and oxygen atoms in total. The zero-order valence-electron chi connectivity index (χ0n) is 11.8. The van der Waals surface area contributed by atoms with E-state index in [1.54, 1.807) is 23.0 Å². The van der Waals surface area contributed by atoms with E-state index in [0.717, 1.165) is 16.6 Å². The standard InChI is InChI=1S/C13H14N6O2S/c1-19-12-11(7-18-19)16-8-17-13(12)15-6-9-2-4-10(5-3-9)22(14,20)21/h2-5,7-8H,6H2,1H3,(H2,14,20,21)(H,15,16,17). The van der Waals surface area contributed by atoms with E-state index in [1.165, 1.54) is 18.5 Å². The average molecular weight is 318 g/mol. The fourth-order valence-corrected chi connectivity index (χ4v) is 2.63. The minimum atomic E-state index is -3.67. The van der Waals surface area contributed by atoms with Crippen LogP contribution in [0.5, 0.6) is 0 Å². The highest BCUT2D eigenvalue weighted by molar-refractivity contribution is 7.89. The highest BCUT2D eigenvalue weighted by Crippen LogP contribution is 2.18. The molecule has 0 bridgehead atoms. The number of nitrogens with one attached hydrogen (secondary N) is 1. The van der Waals surface area contributed by atoms with Crippen LogP contribution in [-0.4, -0.2) is 28.2 Å². The number of aryl methyl sites for hydroxylation is 1. The van der Waals surface area contributed by atoms with Crippen molar-refractivity contribution >= 4 is 26.9 Å². The summed E-state index contributed by atoms with van der Waals surface area (Å²) < 4.78 is 24.1. The normalized spacial score (nSPS) is 11.7. The van der Waals surface area contributed by atoms with Crippen molar-refractivity contribution in [3.05, 3.63) is 42.4 Å². The van der Waals surface area contributed by atoms with Crippen molar-refractivity contribution in [1.29, 1.82) is 0 Å². The molecule has 0 amide bonds. The van der Waals surface area contributed by atoms with Gasteiger partial charge >= 0.3 is 0 Å². The van der Waals surface area contributed by atoms with E-state index in [2.05, 4.69) is 20.4 Å². The van der Waals surface area contributed by atoms with Crippen LogP contribution in [0.15, 0.2) is 41.7 Å². The molecule has 2 aromatic heterocycles. The lowest BCUT2D eigenvalue weighted by atomic mass is 10.2. The molecule has 0 radical (unpaired) electrons. The number of hydrogen-bond donors (Lipinski definition) is 2. The van der Waals surface area contributed by atoms with Gasteiger partial charge in [-0.2, -0.15) is 5.10 Å². The minimum absolute atomic E-state index is 0.0901. The number of nitrogens with zero attached hydrogens (tertiary/aromatic N) is 4. The summed E-state index contributed by atoms with van der Waals surface area (Å²) >= 11 is 0. The molecule has 3 N–H and O–H groups in total. The summed E-state index contributed by atoms with van der Waals surface area (Å²) in [5, 5.41) is 12.4. The molecule has 0 fully saturated rings. The molecule has 0 unspecified atom stereocenters. The van der Waals surface area contributed by atoms with Crippen LogP contribution in [0.1, 0.15) is 5.56 Å². The number of benzene rings is 1. The molecular weight excluding hydrogens is 304 g/mol. The molecule has 0 spiro atoms. The molecular formula is C13H14N6O2S. The quantitative estimate of drug-likeness (QED) is 0.728. The lowest BCUT2D eigenvalue weighted by Gasteiger charge is -2.08. The summed E-state index contributed by atoms with van der Waals surface area (Å²) in [7, 11) is -1.85. The monoisotopic (exact) mass is 318 g/mol. The van der Waals surface area contributed by atoms with Crippen LogP contribution in [0.4, 0.5) is 5.82 Å². The first kappa shape index (κ1) is 14.4. The Hall–Kier alpha value is -2.52. The second-order valence-electron chi connectivity index (χ2n) is 4.77. The predicted molar refractivity (Wildman–Crippen MR) is 81.4 cm³/mol. The third-order valence-corrected chi connectivity index (χ3v) is 4.17. The molecule has 0 saturated carbocycles. The van der Waals surface area contributed by atoms with Gasteiger partial charge in [0.05, 0.1) is 11.1 Å². The van der Waals surface area contributed by atoms with Crippen LogP contribution >= 0.6 is 0 Å². The van der Waals surface area contributed by atoms with Crippen LogP contribution in [0.3, 0.4) is 0 Å². The number of anilines is 1. The van der Waals surface area contributed by atoms with Crippen LogP contribution < -0.4 is 10.5 Å². The molecule has 0 aliphatic rings. The first-order chi connectivity index (χ1) is 10.4. The number of nitrogens with two attached hydrogens (primary N) is 1. The number of hydrogen-bond acceptors (Lipinski definition) is 6. The smallest absolute Gasteiger partial charge is 0.238 e. The number of aromatic nitrogens is 4. The van der Waals surface area contributed by atoms with Gasteiger partial charge in [0.25, 0.3) is 0 Å².